The van der Waals surface area contributed by atoms with Gasteiger partial charge >= 0.3 is 24.1 Å². The predicted molar refractivity (Wildman–Crippen MR) is 164 cm³/mol. The molecule has 1 atom stereocenters. The molecule has 0 fully saturated rings. The summed E-state index contributed by atoms with van der Waals surface area (Å²) in [6, 6.07) is 12.2. The van der Waals surface area contributed by atoms with Gasteiger partial charge in [0, 0.05) is 24.9 Å². The third-order valence-electron chi connectivity index (χ3n) is 6.02. The summed E-state index contributed by atoms with van der Waals surface area (Å²) >= 11 is 0. The second-order valence-corrected chi connectivity index (χ2v) is 12.3. The van der Waals surface area contributed by atoms with Crippen LogP contribution in [0.25, 0.3) is 11.0 Å². The number of fused-ring (bicyclic) bond motifs is 1. The topological polar surface area (TPSA) is 175 Å². The van der Waals surface area contributed by atoms with Crippen LogP contribution in [0.2, 0.25) is 0 Å². The Morgan fingerprint density at radius 1 is 0.933 bits per heavy atom. The van der Waals surface area contributed by atoms with Crippen molar-refractivity contribution in [3.63, 3.8) is 0 Å². The summed E-state index contributed by atoms with van der Waals surface area (Å²) in [6.07, 6.45) is -1.29. The molecule has 0 aliphatic carbocycles. The second-order valence-electron chi connectivity index (χ2n) is 12.3. The molecule has 1 aromatic heterocycles. The number of benzene rings is 2. The van der Waals surface area contributed by atoms with E-state index in [0.717, 1.165) is 5.56 Å². The van der Waals surface area contributed by atoms with E-state index in [1.165, 1.54) is 16.7 Å². The van der Waals surface area contributed by atoms with Gasteiger partial charge in [0.05, 0.1) is 11.0 Å². The maximum absolute atomic E-state index is 13.2. The van der Waals surface area contributed by atoms with Crippen LogP contribution in [0.4, 0.5) is 9.59 Å². The Labute approximate surface area is 261 Å². The molecule has 3 aromatic rings. The molecule has 1 heterocycles. The first-order valence-corrected chi connectivity index (χ1v) is 14.5. The van der Waals surface area contributed by atoms with Crippen molar-refractivity contribution in [2.24, 2.45) is 0 Å². The van der Waals surface area contributed by atoms with Crippen LogP contribution in [-0.2, 0) is 36.8 Å². The Kier molecular flexibility index (Phi) is 11.3. The van der Waals surface area contributed by atoms with Gasteiger partial charge in [-0.05, 0) is 71.7 Å². The number of ether oxygens (including phenoxy) is 3. The Balaban J connectivity index is 1.81. The quantitative estimate of drug-likeness (QED) is 0.202. The number of aromatic nitrogens is 2. The maximum Gasteiger partial charge on any atom is 0.420 e. The molecule has 0 aliphatic rings. The average molecular weight is 625 g/mol. The van der Waals surface area contributed by atoms with Crippen LogP contribution in [0.1, 0.15) is 76.1 Å². The number of carbonyl (C=O) groups excluding carboxylic acids is 4. The number of esters is 1. The Morgan fingerprint density at radius 2 is 1.60 bits per heavy atom. The minimum absolute atomic E-state index is 0.0241. The van der Waals surface area contributed by atoms with Crippen molar-refractivity contribution >= 4 is 41.1 Å². The molecule has 3 N–H and O–H groups in total. The fourth-order valence-electron chi connectivity index (χ4n) is 4.11. The van der Waals surface area contributed by atoms with Crippen LogP contribution in [0.15, 0.2) is 48.5 Å². The number of nitrogens with zero attached hydrogens (tertiary/aromatic N) is 2. The van der Waals surface area contributed by atoms with Gasteiger partial charge in [0.1, 0.15) is 29.7 Å². The number of hydrogen-bond donors (Lipinski definition) is 3. The van der Waals surface area contributed by atoms with Crippen molar-refractivity contribution in [2.45, 2.75) is 84.7 Å². The molecule has 3 rings (SSSR count). The maximum atomic E-state index is 13.2. The molecule has 242 valence electrons. The zero-order valence-corrected chi connectivity index (χ0v) is 26.3. The lowest BCUT2D eigenvalue weighted by atomic mass is 10.1. The number of nitrogens with one attached hydrogen (secondary N) is 2. The van der Waals surface area contributed by atoms with Gasteiger partial charge in [-0.15, -0.1) is 0 Å². The van der Waals surface area contributed by atoms with E-state index in [1.54, 1.807) is 71.9 Å². The van der Waals surface area contributed by atoms with E-state index in [-0.39, 0.29) is 43.5 Å². The van der Waals surface area contributed by atoms with Crippen molar-refractivity contribution < 1.29 is 43.3 Å². The van der Waals surface area contributed by atoms with Crippen LogP contribution in [0.5, 0.6) is 0 Å². The van der Waals surface area contributed by atoms with E-state index in [4.69, 9.17) is 19.3 Å². The molecule has 1 unspecified atom stereocenters. The van der Waals surface area contributed by atoms with Gasteiger partial charge in [-0.25, -0.2) is 23.9 Å². The summed E-state index contributed by atoms with van der Waals surface area (Å²) in [5.41, 5.74) is -0.111. The number of alkyl carbamates (subject to hydrolysis) is 1. The first-order chi connectivity index (χ1) is 21.0. The molecule has 2 aromatic carbocycles. The third-order valence-corrected chi connectivity index (χ3v) is 6.02. The molecule has 0 saturated carbocycles. The van der Waals surface area contributed by atoms with Crippen molar-refractivity contribution in [3.05, 3.63) is 65.5 Å². The van der Waals surface area contributed by atoms with E-state index in [0.29, 0.717) is 11.3 Å². The summed E-state index contributed by atoms with van der Waals surface area (Å²) in [5, 5.41) is 14.1. The fourth-order valence-corrected chi connectivity index (χ4v) is 4.11. The molecule has 0 saturated heterocycles. The number of hydrogen-bond acceptors (Lipinski definition) is 9. The highest BCUT2D eigenvalue weighted by molar-refractivity contribution is 5.99. The first-order valence-electron chi connectivity index (χ1n) is 14.5. The average Bonchev–Trinajstić information content (AvgIpc) is 3.30. The Bertz CT molecular complexity index is 1540. The minimum Gasteiger partial charge on any atom is -0.481 e. The number of rotatable bonds is 11. The van der Waals surface area contributed by atoms with Gasteiger partial charge in [-0.1, -0.05) is 30.3 Å². The van der Waals surface area contributed by atoms with Crippen molar-refractivity contribution in [2.75, 3.05) is 6.54 Å². The van der Waals surface area contributed by atoms with E-state index < -0.39 is 47.3 Å². The molecule has 0 aliphatic heterocycles. The number of aryl methyl sites for hydroxylation is 1. The molecular weight excluding hydrogens is 584 g/mol. The minimum atomic E-state index is -1.27. The Morgan fingerprint density at radius 3 is 2.22 bits per heavy atom. The van der Waals surface area contributed by atoms with E-state index in [9.17, 15) is 24.0 Å². The standard InChI is InChI=1S/C32H40N4O9/c1-31(2,3)44-28(40)23(35-29(41)43-19-20-11-8-7-9-12-20)18-33-27(39)21-15-16-22-24(17-21)36(30(42)45-32(4,5)6)25(34-22)13-10-14-26(37)38/h7-9,11-12,15-17,23H,10,13-14,18-19H2,1-6H3,(H,33,39)(H,35,41)(H,37,38). The molecule has 0 spiro atoms. The van der Waals surface area contributed by atoms with Crippen LogP contribution in [0.3, 0.4) is 0 Å². The molecule has 13 heteroatoms. The summed E-state index contributed by atoms with van der Waals surface area (Å²) in [5.74, 6) is -2.06. The number of amides is 2. The van der Waals surface area contributed by atoms with Crippen molar-refractivity contribution in [3.8, 4) is 0 Å². The number of carboxylic acids is 1. The van der Waals surface area contributed by atoms with Gasteiger partial charge in [-0.2, -0.15) is 0 Å². The molecule has 45 heavy (non-hydrogen) atoms. The van der Waals surface area contributed by atoms with Crippen molar-refractivity contribution in [1.82, 2.24) is 20.2 Å². The predicted octanol–water partition coefficient (Wildman–Crippen LogP) is 4.59. The largest absolute Gasteiger partial charge is 0.481 e. The highest BCUT2D eigenvalue weighted by Crippen LogP contribution is 2.22. The van der Waals surface area contributed by atoms with Crippen LogP contribution < -0.4 is 10.6 Å². The van der Waals surface area contributed by atoms with Gasteiger partial charge < -0.3 is 30.0 Å². The number of carboxylic acid groups (broad SMARTS) is 1. The molecular formula is C32H40N4O9. The van der Waals surface area contributed by atoms with Crippen LogP contribution in [0, 0.1) is 0 Å². The summed E-state index contributed by atoms with van der Waals surface area (Å²) in [4.78, 5) is 67.4. The highest BCUT2D eigenvalue weighted by atomic mass is 16.6. The second kappa shape index (κ2) is 14.7. The van der Waals surface area contributed by atoms with Crippen molar-refractivity contribution in [1.29, 1.82) is 0 Å². The van der Waals surface area contributed by atoms with E-state index in [1.807, 2.05) is 6.07 Å². The number of carbonyl (C=O) groups is 5. The van der Waals surface area contributed by atoms with E-state index >= 15 is 0 Å². The lowest BCUT2D eigenvalue weighted by Gasteiger charge is -2.24. The normalized spacial score (nSPS) is 12.2. The van der Waals surface area contributed by atoms with Gasteiger partial charge in [-0.3, -0.25) is 9.59 Å². The van der Waals surface area contributed by atoms with Gasteiger partial charge in [0.25, 0.3) is 5.91 Å². The van der Waals surface area contributed by atoms with Gasteiger partial charge in [0.15, 0.2) is 0 Å². The Hall–Kier alpha value is -4.94. The van der Waals surface area contributed by atoms with E-state index in [2.05, 4.69) is 15.6 Å². The zero-order valence-electron chi connectivity index (χ0n) is 26.3. The first kappa shape index (κ1) is 34.5. The van der Waals surface area contributed by atoms with Crippen LogP contribution in [-0.4, -0.2) is 68.5 Å². The highest BCUT2D eigenvalue weighted by Gasteiger charge is 2.29. The molecule has 0 bridgehead atoms. The zero-order chi connectivity index (χ0) is 33.4. The summed E-state index contributed by atoms with van der Waals surface area (Å²) in [7, 11) is 0. The summed E-state index contributed by atoms with van der Waals surface area (Å²) in [6.45, 7) is 9.80. The molecule has 0 radical (unpaired) electrons. The SMILES string of the molecule is CC(C)(C)OC(=O)C(CNC(=O)c1ccc2nc(CCCC(=O)O)n(C(=O)OC(C)(C)C)c2c1)NC(=O)OCc1ccccc1. The van der Waals surface area contributed by atoms with Gasteiger partial charge in [0.2, 0.25) is 0 Å². The molecule has 2 amide bonds. The lowest BCUT2D eigenvalue weighted by Crippen LogP contribution is -2.50. The van der Waals surface area contributed by atoms with Crippen LogP contribution >= 0.6 is 0 Å². The fraction of sp³-hybridized carbons (Fsp3) is 0.438. The third kappa shape index (κ3) is 10.9. The monoisotopic (exact) mass is 624 g/mol. The molecule has 13 nitrogen and oxygen atoms in total. The smallest absolute Gasteiger partial charge is 0.420 e. The number of aliphatic carboxylic acids is 1. The summed E-state index contributed by atoms with van der Waals surface area (Å²) < 4.78 is 17.4. The number of imidazole rings is 1. The lowest BCUT2D eigenvalue weighted by molar-refractivity contribution is -0.157.